The number of nitrogens with zero attached hydrogens (tertiary/aromatic N) is 3. The van der Waals surface area contributed by atoms with E-state index in [1.807, 2.05) is 0 Å². The minimum Gasteiger partial charge on any atom is -0.311 e. The van der Waals surface area contributed by atoms with Gasteiger partial charge in [-0.2, -0.15) is 0 Å². The quantitative estimate of drug-likeness (QED) is 0.164. The summed E-state index contributed by atoms with van der Waals surface area (Å²) in [6, 6.07) is 39.8. The van der Waals surface area contributed by atoms with Crippen LogP contribution in [-0.2, 0) is 32.5 Å². The lowest BCUT2D eigenvalue weighted by Gasteiger charge is -2.47. The second-order valence-corrected chi connectivity index (χ2v) is 27.3. The largest absolute Gasteiger partial charge is 0.311 e. The molecule has 1 saturated carbocycles. The van der Waals surface area contributed by atoms with E-state index in [0.29, 0.717) is 5.92 Å². The summed E-state index contributed by atoms with van der Waals surface area (Å²) in [6.45, 7) is 36.1. The smallest absolute Gasteiger partial charge is 0.254 e. The molecule has 362 valence electrons. The molecule has 0 saturated heterocycles. The average Bonchev–Trinajstić information content (AvgIpc) is 3.31. The number of rotatable bonds is 4. The van der Waals surface area contributed by atoms with E-state index in [0.717, 1.165) is 11.5 Å². The zero-order chi connectivity index (χ0) is 49.7. The highest BCUT2D eigenvalue weighted by Crippen LogP contribution is 2.53. The van der Waals surface area contributed by atoms with Crippen LogP contribution in [-0.4, -0.2) is 11.7 Å². The maximum atomic E-state index is 5.77. The molecule has 3 aliphatic carbocycles. The predicted octanol–water partition coefficient (Wildman–Crippen LogP) is 16.5. The Balaban J connectivity index is 1.22. The highest BCUT2D eigenvalue weighted by atomic mass is 15.2. The molecule has 11 rings (SSSR count). The lowest BCUT2D eigenvalue weighted by Crippen LogP contribution is -2.62. The molecule has 6 aromatic rings. The van der Waals surface area contributed by atoms with Crippen molar-refractivity contribution in [3.63, 3.8) is 0 Å². The van der Waals surface area contributed by atoms with Crippen molar-refractivity contribution in [2.24, 2.45) is 0 Å². The minimum atomic E-state index is -0.0385. The molecule has 0 bridgehead atoms. The van der Waals surface area contributed by atoms with Gasteiger partial charge in [0.1, 0.15) is 5.82 Å². The van der Waals surface area contributed by atoms with Crippen molar-refractivity contribution < 1.29 is 0 Å². The van der Waals surface area contributed by atoms with Crippen LogP contribution >= 0.6 is 0 Å². The van der Waals surface area contributed by atoms with Crippen LogP contribution in [0.1, 0.15) is 205 Å². The first kappa shape index (κ1) is 47.3. The molecule has 1 fully saturated rings. The van der Waals surface area contributed by atoms with E-state index in [1.165, 1.54) is 153 Å². The Kier molecular flexibility index (Phi) is 10.8. The van der Waals surface area contributed by atoms with Gasteiger partial charge in [0.25, 0.3) is 6.71 Å². The van der Waals surface area contributed by atoms with Crippen LogP contribution < -0.4 is 26.2 Å². The van der Waals surface area contributed by atoms with Crippen LogP contribution in [0.25, 0.3) is 11.1 Å². The first-order valence-electron chi connectivity index (χ1n) is 27.2. The predicted molar refractivity (Wildman–Crippen MR) is 302 cm³/mol. The topological polar surface area (TPSA) is 19.4 Å². The number of hydrogen-bond acceptors (Lipinski definition) is 3. The van der Waals surface area contributed by atoms with Crippen LogP contribution in [0.4, 0.5) is 34.3 Å². The first-order valence-corrected chi connectivity index (χ1v) is 27.2. The third kappa shape index (κ3) is 7.62. The molecule has 0 N–H and O–H groups in total. The summed E-state index contributed by atoms with van der Waals surface area (Å²) in [7, 11) is 0. The zero-order valence-electron chi connectivity index (χ0n) is 45.6. The van der Waals surface area contributed by atoms with E-state index in [9.17, 15) is 0 Å². The first-order chi connectivity index (χ1) is 32.8. The molecule has 5 aliphatic rings. The van der Waals surface area contributed by atoms with Crippen molar-refractivity contribution in [1.82, 2.24) is 4.98 Å². The lowest BCUT2D eigenvalue weighted by molar-refractivity contribution is 0.332. The van der Waals surface area contributed by atoms with Crippen LogP contribution in [0.2, 0.25) is 0 Å². The summed E-state index contributed by atoms with van der Waals surface area (Å²) < 4.78 is 0. The van der Waals surface area contributed by atoms with Crippen molar-refractivity contribution in [2.75, 3.05) is 9.80 Å². The van der Waals surface area contributed by atoms with E-state index in [-0.39, 0.29) is 39.2 Å². The second kappa shape index (κ2) is 16.0. The molecular weight excluding hydrogens is 846 g/mol. The molecule has 2 aliphatic heterocycles. The summed E-state index contributed by atoms with van der Waals surface area (Å²) in [6.07, 6.45) is 11.4. The monoisotopic (exact) mass is 926 g/mol. The average molecular weight is 926 g/mol. The number of anilines is 6. The molecule has 5 aromatic carbocycles. The van der Waals surface area contributed by atoms with Crippen molar-refractivity contribution in [2.45, 2.75) is 200 Å². The molecule has 1 aromatic heterocycles. The van der Waals surface area contributed by atoms with Gasteiger partial charge in [0.05, 0.1) is 5.69 Å². The van der Waals surface area contributed by atoms with Crippen molar-refractivity contribution in [3.8, 4) is 11.1 Å². The van der Waals surface area contributed by atoms with Gasteiger partial charge in [-0.1, -0.05) is 171 Å². The van der Waals surface area contributed by atoms with Gasteiger partial charge in [0, 0.05) is 34.0 Å². The standard InChI is InChI=1S/C66H80BN3/c1-41-35-58-59-60(68-41)69(47-27-28-49-50(38-47)64(10,11)32-31-63(49,8)9)57-40-52-51(65(12,13)33-34-66(52,14)15)39-54(57)67(59)53-37-46(62(5,6)7)26-30-56(53)70(58)55-29-25-45(61(2,3)4)36-48(55)44-23-21-43(22-24-44)42-19-17-16-18-20-42/h21-30,35-40,42H,16-20,31-34H2,1-15H3. The van der Waals surface area contributed by atoms with Gasteiger partial charge in [0.2, 0.25) is 0 Å². The third-order valence-electron chi connectivity index (χ3n) is 18.4. The summed E-state index contributed by atoms with van der Waals surface area (Å²) in [5, 5.41) is 0. The Morgan fingerprint density at radius 2 is 1.04 bits per heavy atom. The Hall–Kier alpha value is -5.09. The van der Waals surface area contributed by atoms with Crippen molar-refractivity contribution in [3.05, 3.63) is 142 Å². The van der Waals surface area contributed by atoms with Crippen molar-refractivity contribution >= 4 is 57.4 Å². The molecule has 3 heterocycles. The Morgan fingerprint density at radius 1 is 0.500 bits per heavy atom. The van der Waals surface area contributed by atoms with E-state index in [4.69, 9.17) is 4.98 Å². The van der Waals surface area contributed by atoms with Crippen LogP contribution in [0.15, 0.2) is 97.1 Å². The molecule has 0 amide bonds. The molecular formula is C66H80BN3. The third-order valence-corrected chi connectivity index (χ3v) is 18.4. The van der Waals surface area contributed by atoms with Gasteiger partial charge >= 0.3 is 0 Å². The van der Waals surface area contributed by atoms with Gasteiger partial charge in [-0.25, -0.2) is 4.98 Å². The molecule has 0 radical (unpaired) electrons. The number of aryl methyl sites for hydroxylation is 1. The fraction of sp³-hybridized carbons (Fsp3) is 0.470. The van der Waals surface area contributed by atoms with E-state index in [2.05, 4.69) is 211 Å². The Labute approximate surface area is 423 Å². The summed E-state index contributed by atoms with van der Waals surface area (Å²) in [5.74, 6) is 1.73. The normalized spacial score (nSPS) is 19.7. The second-order valence-electron chi connectivity index (χ2n) is 27.3. The molecule has 70 heavy (non-hydrogen) atoms. The Bertz CT molecular complexity index is 3070. The van der Waals surface area contributed by atoms with Crippen LogP contribution in [0.3, 0.4) is 0 Å². The van der Waals surface area contributed by atoms with Gasteiger partial charge in [-0.05, 0) is 187 Å². The van der Waals surface area contributed by atoms with Gasteiger partial charge in [-0.3, -0.25) is 4.90 Å². The zero-order valence-corrected chi connectivity index (χ0v) is 45.6. The maximum absolute atomic E-state index is 5.77. The molecule has 0 spiro atoms. The van der Waals surface area contributed by atoms with E-state index < -0.39 is 0 Å². The van der Waals surface area contributed by atoms with Crippen LogP contribution in [0.5, 0.6) is 0 Å². The highest BCUT2D eigenvalue weighted by Gasteiger charge is 2.48. The van der Waals surface area contributed by atoms with Crippen molar-refractivity contribution in [1.29, 1.82) is 0 Å². The number of pyridine rings is 1. The Morgan fingerprint density at radius 3 is 1.66 bits per heavy atom. The molecule has 4 heteroatoms. The van der Waals surface area contributed by atoms with Gasteiger partial charge < -0.3 is 4.90 Å². The number of fused-ring (bicyclic) bond motifs is 6. The summed E-state index contributed by atoms with van der Waals surface area (Å²) >= 11 is 0. The number of hydrogen-bond donors (Lipinski definition) is 0. The highest BCUT2D eigenvalue weighted by molar-refractivity contribution is 7.00. The molecule has 0 unspecified atom stereocenters. The maximum Gasteiger partial charge on any atom is 0.254 e. The minimum absolute atomic E-state index is 0.0101. The van der Waals surface area contributed by atoms with E-state index in [1.54, 1.807) is 0 Å². The number of benzene rings is 5. The number of aromatic nitrogens is 1. The van der Waals surface area contributed by atoms with Gasteiger partial charge in [0.15, 0.2) is 0 Å². The molecule has 0 atom stereocenters. The fourth-order valence-corrected chi connectivity index (χ4v) is 13.5. The van der Waals surface area contributed by atoms with Gasteiger partial charge in [-0.15, -0.1) is 0 Å². The molecule has 3 nitrogen and oxygen atoms in total. The summed E-state index contributed by atoms with van der Waals surface area (Å²) in [5.41, 5.74) is 24.3. The SMILES string of the molecule is Cc1cc2c3c(n1)N(c1ccc4c(c1)C(C)(C)CCC4(C)C)c1cc4c(cc1B3c1cc(C(C)(C)C)ccc1N2c1ccc(C(C)(C)C)cc1-c1ccc(C2CCCCC2)cc1)C(C)(C)CCC4(C)C. The van der Waals surface area contributed by atoms with Crippen LogP contribution in [0, 0.1) is 6.92 Å². The summed E-state index contributed by atoms with van der Waals surface area (Å²) in [4.78, 5) is 11.0. The lowest BCUT2D eigenvalue weighted by atomic mass is 9.33. The fourth-order valence-electron chi connectivity index (χ4n) is 13.5. The van der Waals surface area contributed by atoms with E-state index >= 15 is 0 Å².